The van der Waals surface area contributed by atoms with Crippen LogP contribution in [0.2, 0.25) is 0 Å². The molecule has 0 radical (unpaired) electrons. The minimum Gasteiger partial charge on any atom is -0.456 e. The van der Waals surface area contributed by atoms with Crippen molar-refractivity contribution >= 4 is 17.5 Å². The summed E-state index contributed by atoms with van der Waals surface area (Å²) in [7, 11) is 0. The van der Waals surface area contributed by atoms with Crippen molar-refractivity contribution in [1.29, 1.82) is 0 Å². The number of fused-ring (bicyclic) bond motifs is 1. The first-order chi connectivity index (χ1) is 13.1. The van der Waals surface area contributed by atoms with Crippen LogP contribution in [0.3, 0.4) is 0 Å². The minimum atomic E-state index is -0.679. The van der Waals surface area contributed by atoms with E-state index in [1.807, 2.05) is 24.3 Å². The molecule has 2 heterocycles. The Balaban J connectivity index is 1.59. The van der Waals surface area contributed by atoms with Crippen LogP contribution in [0.25, 0.3) is 0 Å². The van der Waals surface area contributed by atoms with Crippen LogP contribution >= 0.6 is 0 Å². The fourth-order valence-electron chi connectivity index (χ4n) is 3.21. The van der Waals surface area contributed by atoms with Crippen molar-refractivity contribution in [3.8, 4) is 11.5 Å². The van der Waals surface area contributed by atoms with Crippen molar-refractivity contribution in [3.63, 3.8) is 0 Å². The first-order valence-electron chi connectivity index (χ1n) is 8.52. The molecule has 3 aromatic rings. The van der Waals surface area contributed by atoms with Crippen LogP contribution in [-0.2, 0) is 11.2 Å². The molecule has 2 aromatic carbocycles. The zero-order chi connectivity index (χ0) is 18.8. The van der Waals surface area contributed by atoms with Gasteiger partial charge >= 0.3 is 0 Å². The fraction of sp³-hybridized carbons (Fsp3) is 0.0952. The summed E-state index contributed by atoms with van der Waals surface area (Å²) in [6.45, 7) is 0. The second-order valence-electron chi connectivity index (χ2n) is 6.24. The number of nitrogens with two attached hydrogens (primary N) is 1. The van der Waals surface area contributed by atoms with Gasteiger partial charge in [0.2, 0.25) is 5.91 Å². The lowest BCUT2D eigenvalue weighted by molar-refractivity contribution is -0.119. The number of carbonyl (C=O) groups excluding carboxylic acids is 2. The summed E-state index contributed by atoms with van der Waals surface area (Å²) in [5.41, 5.74) is 7.65. The molecule has 0 fully saturated rings. The molecular weight excluding hydrogens is 342 g/mol. The van der Waals surface area contributed by atoms with Crippen LogP contribution in [0.5, 0.6) is 11.5 Å². The second kappa shape index (κ2) is 6.92. The predicted octanol–water partition coefficient (Wildman–Crippen LogP) is 2.93. The van der Waals surface area contributed by atoms with Crippen LogP contribution in [0, 0.1) is 0 Å². The van der Waals surface area contributed by atoms with E-state index >= 15 is 0 Å². The van der Waals surface area contributed by atoms with E-state index in [1.54, 1.807) is 48.8 Å². The number of para-hydroxylation sites is 1. The standard InChI is InChI=1S/C21H17N3O3/c22-20(25)19-12-15-4-1-2-6-18(15)24(19)21(26)14-7-9-16(10-8-14)27-17-5-3-11-23-13-17/h1-11,13,19H,12H2,(H2,22,25)/t19-/m0/s1. The first kappa shape index (κ1) is 16.8. The van der Waals surface area contributed by atoms with Gasteiger partial charge in [0.1, 0.15) is 17.5 Å². The number of aromatic nitrogens is 1. The van der Waals surface area contributed by atoms with E-state index in [9.17, 15) is 9.59 Å². The zero-order valence-electron chi connectivity index (χ0n) is 14.4. The highest BCUT2D eigenvalue weighted by Crippen LogP contribution is 2.33. The molecule has 27 heavy (non-hydrogen) atoms. The average molecular weight is 359 g/mol. The number of nitrogens with zero attached hydrogens (tertiary/aromatic N) is 2. The SMILES string of the molecule is NC(=O)[C@@H]1Cc2ccccc2N1C(=O)c1ccc(Oc2cccnc2)cc1. The number of rotatable bonds is 4. The monoisotopic (exact) mass is 359 g/mol. The summed E-state index contributed by atoms with van der Waals surface area (Å²) in [5.74, 6) is 0.416. The molecule has 1 atom stereocenters. The van der Waals surface area contributed by atoms with Crippen molar-refractivity contribution in [2.45, 2.75) is 12.5 Å². The molecular formula is C21H17N3O3. The summed E-state index contributed by atoms with van der Waals surface area (Å²) in [6, 6.07) is 17.1. The van der Waals surface area contributed by atoms with E-state index in [0.29, 0.717) is 23.5 Å². The maximum atomic E-state index is 13.1. The molecule has 0 saturated heterocycles. The van der Waals surface area contributed by atoms with E-state index in [2.05, 4.69) is 4.98 Å². The number of pyridine rings is 1. The molecule has 0 aliphatic carbocycles. The summed E-state index contributed by atoms with van der Waals surface area (Å²) in [6.07, 6.45) is 3.70. The molecule has 0 spiro atoms. The Hall–Kier alpha value is -3.67. The molecule has 0 bridgehead atoms. The molecule has 0 saturated carbocycles. The maximum Gasteiger partial charge on any atom is 0.259 e. The lowest BCUT2D eigenvalue weighted by Gasteiger charge is -2.23. The molecule has 2 amide bonds. The normalized spacial score (nSPS) is 15.3. The highest BCUT2D eigenvalue weighted by Gasteiger charge is 2.37. The van der Waals surface area contributed by atoms with Crippen LogP contribution in [-0.4, -0.2) is 22.8 Å². The van der Waals surface area contributed by atoms with Gasteiger partial charge in [-0.05, 0) is 48.0 Å². The van der Waals surface area contributed by atoms with Gasteiger partial charge in [-0.3, -0.25) is 19.5 Å². The van der Waals surface area contributed by atoms with Gasteiger partial charge in [-0.2, -0.15) is 0 Å². The van der Waals surface area contributed by atoms with E-state index in [4.69, 9.17) is 10.5 Å². The number of anilines is 1. The quantitative estimate of drug-likeness (QED) is 0.776. The van der Waals surface area contributed by atoms with E-state index in [-0.39, 0.29) is 5.91 Å². The summed E-state index contributed by atoms with van der Waals surface area (Å²) in [4.78, 5) is 30.4. The Labute approximate surface area is 156 Å². The molecule has 1 aliphatic heterocycles. The third-order valence-electron chi connectivity index (χ3n) is 4.49. The number of amides is 2. The van der Waals surface area contributed by atoms with Crippen LogP contribution in [0.4, 0.5) is 5.69 Å². The summed E-state index contributed by atoms with van der Waals surface area (Å²) in [5, 5.41) is 0. The van der Waals surface area contributed by atoms with Gasteiger partial charge in [-0.15, -0.1) is 0 Å². The number of benzene rings is 2. The third-order valence-corrected chi connectivity index (χ3v) is 4.49. The molecule has 134 valence electrons. The van der Waals surface area contributed by atoms with Crippen molar-refractivity contribution in [1.82, 2.24) is 4.98 Å². The maximum absolute atomic E-state index is 13.1. The molecule has 0 unspecified atom stereocenters. The second-order valence-corrected chi connectivity index (χ2v) is 6.24. The summed E-state index contributed by atoms with van der Waals surface area (Å²) >= 11 is 0. The van der Waals surface area contributed by atoms with E-state index < -0.39 is 11.9 Å². The van der Waals surface area contributed by atoms with Crippen LogP contribution in [0.15, 0.2) is 73.1 Å². The van der Waals surface area contributed by atoms with Crippen molar-refractivity contribution < 1.29 is 14.3 Å². The largest absolute Gasteiger partial charge is 0.456 e. The van der Waals surface area contributed by atoms with Crippen LogP contribution in [0.1, 0.15) is 15.9 Å². The van der Waals surface area contributed by atoms with Crippen molar-refractivity contribution in [3.05, 3.63) is 84.2 Å². The molecule has 6 nitrogen and oxygen atoms in total. The van der Waals surface area contributed by atoms with Gasteiger partial charge in [-0.25, -0.2) is 0 Å². The molecule has 4 rings (SSSR count). The Morgan fingerprint density at radius 3 is 2.48 bits per heavy atom. The molecule has 1 aliphatic rings. The van der Waals surface area contributed by atoms with Crippen LogP contribution < -0.4 is 15.4 Å². The molecule has 6 heteroatoms. The van der Waals surface area contributed by atoms with Crippen molar-refractivity contribution in [2.75, 3.05) is 4.90 Å². The Morgan fingerprint density at radius 2 is 1.78 bits per heavy atom. The van der Waals surface area contributed by atoms with E-state index in [1.165, 1.54) is 4.90 Å². The number of carbonyl (C=O) groups is 2. The smallest absolute Gasteiger partial charge is 0.259 e. The van der Waals surface area contributed by atoms with Gasteiger partial charge in [0.15, 0.2) is 0 Å². The van der Waals surface area contributed by atoms with E-state index in [0.717, 1.165) is 11.3 Å². The first-order valence-corrected chi connectivity index (χ1v) is 8.52. The highest BCUT2D eigenvalue weighted by atomic mass is 16.5. The number of hydrogen-bond donors (Lipinski definition) is 1. The van der Waals surface area contributed by atoms with Gasteiger partial charge < -0.3 is 10.5 Å². The zero-order valence-corrected chi connectivity index (χ0v) is 14.4. The van der Waals surface area contributed by atoms with Gasteiger partial charge in [-0.1, -0.05) is 18.2 Å². The Kier molecular flexibility index (Phi) is 4.30. The summed E-state index contributed by atoms with van der Waals surface area (Å²) < 4.78 is 5.69. The lowest BCUT2D eigenvalue weighted by Crippen LogP contribution is -2.46. The third kappa shape index (κ3) is 3.25. The van der Waals surface area contributed by atoms with Crippen molar-refractivity contribution in [2.24, 2.45) is 5.73 Å². The number of primary amides is 1. The van der Waals surface area contributed by atoms with Gasteiger partial charge in [0, 0.05) is 23.9 Å². The predicted molar refractivity (Wildman–Crippen MR) is 101 cm³/mol. The molecule has 1 aromatic heterocycles. The number of hydrogen-bond acceptors (Lipinski definition) is 4. The number of ether oxygens (including phenoxy) is 1. The minimum absolute atomic E-state index is 0.267. The Morgan fingerprint density at radius 1 is 1.00 bits per heavy atom. The molecule has 2 N–H and O–H groups in total. The topological polar surface area (TPSA) is 85.5 Å². The lowest BCUT2D eigenvalue weighted by atomic mass is 10.1. The highest BCUT2D eigenvalue weighted by molar-refractivity contribution is 6.11. The average Bonchev–Trinajstić information content (AvgIpc) is 3.09. The van der Waals surface area contributed by atoms with Gasteiger partial charge in [0.25, 0.3) is 5.91 Å². The Bertz CT molecular complexity index is 987. The fourth-order valence-corrected chi connectivity index (χ4v) is 3.21. The van der Waals surface area contributed by atoms with Gasteiger partial charge in [0.05, 0.1) is 6.20 Å².